The quantitative estimate of drug-likeness (QED) is 0.570. The number of nitrogens with one attached hydrogen (secondary N) is 2. The molecule has 2 N–H and O–H groups in total. The van der Waals surface area contributed by atoms with E-state index >= 15 is 0 Å². The minimum absolute atomic E-state index is 0.0112. The number of carbonyl (C=O) groups is 1. The van der Waals surface area contributed by atoms with Gasteiger partial charge in [0.05, 0.1) is 13.1 Å². The van der Waals surface area contributed by atoms with E-state index in [2.05, 4.69) is 28.4 Å². The topological polar surface area (TPSA) is 44.4 Å². The van der Waals surface area contributed by atoms with E-state index in [4.69, 9.17) is 6.42 Å². The maximum atomic E-state index is 11.3. The van der Waals surface area contributed by atoms with E-state index in [0.717, 1.165) is 19.6 Å². The lowest BCUT2D eigenvalue weighted by Gasteiger charge is -2.31. The van der Waals surface area contributed by atoms with Gasteiger partial charge in [0.15, 0.2) is 0 Å². The van der Waals surface area contributed by atoms with E-state index in [9.17, 15) is 4.79 Å². The Hall–Kier alpha value is -1.05. The first kappa shape index (κ1) is 11.0. The average Bonchev–Trinajstić information content (AvgIpc) is 2.15. The molecule has 1 atom stereocenters. The maximum absolute atomic E-state index is 11.3. The number of terminal acetylenes is 1. The van der Waals surface area contributed by atoms with Crippen molar-refractivity contribution < 1.29 is 4.79 Å². The molecule has 0 saturated carbocycles. The molecule has 4 heteroatoms. The molecule has 1 amide bonds. The van der Waals surface area contributed by atoms with Gasteiger partial charge in [0, 0.05) is 25.7 Å². The lowest BCUT2D eigenvalue weighted by molar-refractivity contribution is -0.122. The second-order valence-corrected chi connectivity index (χ2v) is 3.57. The van der Waals surface area contributed by atoms with Crippen molar-refractivity contribution in [1.82, 2.24) is 15.5 Å². The van der Waals surface area contributed by atoms with Crippen molar-refractivity contribution >= 4 is 5.91 Å². The van der Waals surface area contributed by atoms with Gasteiger partial charge < -0.3 is 10.6 Å². The van der Waals surface area contributed by atoms with E-state index in [0.29, 0.717) is 19.1 Å². The molecule has 0 aromatic heterocycles. The van der Waals surface area contributed by atoms with Crippen LogP contribution < -0.4 is 10.6 Å². The zero-order valence-corrected chi connectivity index (χ0v) is 8.55. The summed E-state index contributed by atoms with van der Waals surface area (Å²) in [5, 5.41) is 5.98. The molecule has 1 aliphatic rings. The van der Waals surface area contributed by atoms with Gasteiger partial charge in [-0.05, 0) is 6.92 Å². The molecule has 1 heterocycles. The summed E-state index contributed by atoms with van der Waals surface area (Å²) >= 11 is 0. The van der Waals surface area contributed by atoms with Gasteiger partial charge in [-0.15, -0.1) is 6.42 Å². The predicted octanol–water partition coefficient (Wildman–Crippen LogP) is -0.970. The largest absolute Gasteiger partial charge is 0.344 e. The molecule has 1 rings (SSSR count). The van der Waals surface area contributed by atoms with Crippen molar-refractivity contribution in [3.05, 3.63) is 0 Å². The Labute approximate surface area is 85.0 Å². The molecule has 4 nitrogen and oxygen atoms in total. The van der Waals surface area contributed by atoms with Crippen LogP contribution >= 0.6 is 0 Å². The number of hydrogen-bond acceptors (Lipinski definition) is 3. The fraction of sp³-hybridized carbons (Fsp3) is 0.700. The zero-order chi connectivity index (χ0) is 10.4. The summed E-state index contributed by atoms with van der Waals surface area (Å²) in [6, 6.07) is 0.462. The number of piperazine rings is 1. The highest BCUT2D eigenvalue weighted by Crippen LogP contribution is 1.97. The van der Waals surface area contributed by atoms with Crippen LogP contribution in [0.25, 0.3) is 0 Å². The molecule has 0 radical (unpaired) electrons. The van der Waals surface area contributed by atoms with E-state index in [-0.39, 0.29) is 5.91 Å². The van der Waals surface area contributed by atoms with Gasteiger partial charge in [-0.25, -0.2) is 0 Å². The normalized spacial score (nSPS) is 22.7. The smallest absolute Gasteiger partial charge is 0.234 e. The van der Waals surface area contributed by atoms with Crippen LogP contribution in [0, 0.1) is 12.3 Å². The van der Waals surface area contributed by atoms with Crippen molar-refractivity contribution in [3.8, 4) is 12.3 Å². The fourth-order valence-corrected chi connectivity index (χ4v) is 1.56. The second kappa shape index (κ2) is 5.63. The number of nitrogens with zero attached hydrogens (tertiary/aromatic N) is 1. The number of rotatable bonds is 3. The van der Waals surface area contributed by atoms with E-state index in [1.807, 2.05) is 0 Å². The summed E-state index contributed by atoms with van der Waals surface area (Å²) in [7, 11) is 0. The zero-order valence-electron chi connectivity index (χ0n) is 8.55. The molecule has 0 unspecified atom stereocenters. The fourth-order valence-electron chi connectivity index (χ4n) is 1.56. The third-order valence-electron chi connectivity index (χ3n) is 2.21. The maximum Gasteiger partial charge on any atom is 0.234 e. The average molecular weight is 195 g/mol. The molecule has 78 valence electrons. The first-order chi connectivity index (χ1) is 6.72. The van der Waals surface area contributed by atoms with Crippen molar-refractivity contribution in [1.29, 1.82) is 0 Å². The van der Waals surface area contributed by atoms with Gasteiger partial charge in [0.1, 0.15) is 0 Å². The van der Waals surface area contributed by atoms with Crippen LogP contribution in [0.3, 0.4) is 0 Å². The molecule has 0 aliphatic carbocycles. The van der Waals surface area contributed by atoms with Crippen LogP contribution in [0.2, 0.25) is 0 Å². The standard InChI is InChI=1S/C10H17N3O/c1-3-4-12-10(14)8-13-6-5-11-9(2)7-13/h1,9,11H,4-8H2,2H3,(H,12,14)/t9-/m0/s1. The van der Waals surface area contributed by atoms with Gasteiger partial charge in [-0.2, -0.15) is 0 Å². The Kier molecular flexibility index (Phi) is 4.44. The van der Waals surface area contributed by atoms with Crippen molar-refractivity contribution in [3.63, 3.8) is 0 Å². The van der Waals surface area contributed by atoms with Crippen molar-refractivity contribution in [2.24, 2.45) is 0 Å². The van der Waals surface area contributed by atoms with E-state index in [1.54, 1.807) is 0 Å². The summed E-state index contributed by atoms with van der Waals surface area (Å²) in [5.74, 6) is 2.39. The Morgan fingerprint density at radius 3 is 3.21 bits per heavy atom. The van der Waals surface area contributed by atoms with Gasteiger partial charge in [0.2, 0.25) is 5.91 Å². The predicted molar refractivity (Wildman–Crippen MR) is 55.7 cm³/mol. The van der Waals surface area contributed by atoms with Crippen LogP contribution in [0.4, 0.5) is 0 Å². The first-order valence-electron chi connectivity index (χ1n) is 4.88. The van der Waals surface area contributed by atoms with Crippen LogP contribution in [0.5, 0.6) is 0 Å². The summed E-state index contributed by atoms with van der Waals surface area (Å²) in [6.07, 6.45) is 5.04. The molecule has 1 fully saturated rings. The van der Waals surface area contributed by atoms with Gasteiger partial charge in [-0.3, -0.25) is 9.69 Å². The van der Waals surface area contributed by atoms with Crippen LogP contribution in [-0.4, -0.2) is 49.6 Å². The molecule has 0 aromatic rings. The Balaban J connectivity index is 2.22. The summed E-state index contributed by atoms with van der Waals surface area (Å²) in [5.41, 5.74) is 0. The highest BCUT2D eigenvalue weighted by molar-refractivity contribution is 5.78. The minimum Gasteiger partial charge on any atom is -0.344 e. The lowest BCUT2D eigenvalue weighted by Crippen LogP contribution is -2.51. The third kappa shape index (κ3) is 3.77. The van der Waals surface area contributed by atoms with Crippen molar-refractivity contribution in [2.45, 2.75) is 13.0 Å². The Bertz CT molecular complexity index is 234. The summed E-state index contributed by atoms with van der Waals surface area (Å²) < 4.78 is 0. The van der Waals surface area contributed by atoms with E-state index in [1.165, 1.54) is 0 Å². The first-order valence-corrected chi connectivity index (χ1v) is 4.88. The minimum atomic E-state index is 0.0112. The number of carbonyl (C=O) groups excluding carboxylic acids is 1. The SMILES string of the molecule is C#CCNC(=O)CN1CCN[C@@H](C)C1. The molecular weight excluding hydrogens is 178 g/mol. The molecule has 1 saturated heterocycles. The van der Waals surface area contributed by atoms with Crippen LogP contribution in [0.1, 0.15) is 6.92 Å². The number of hydrogen-bond donors (Lipinski definition) is 2. The summed E-state index contributed by atoms with van der Waals surface area (Å²) in [4.78, 5) is 13.4. The van der Waals surface area contributed by atoms with Crippen LogP contribution in [-0.2, 0) is 4.79 Å². The highest BCUT2D eigenvalue weighted by atomic mass is 16.2. The molecule has 0 bridgehead atoms. The Morgan fingerprint density at radius 2 is 2.57 bits per heavy atom. The highest BCUT2D eigenvalue weighted by Gasteiger charge is 2.17. The van der Waals surface area contributed by atoms with Gasteiger partial charge >= 0.3 is 0 Å². The Morgan fingerprint density at radius 1 is 1.79 bits per heavy atom. The number of amides is 1. The molecule has 1 aliphatic heterocycles. The molecule has 0 aromatic carbocycles. The van der Waals surface area contributed by atoms with Crippen molar-refractivity contribution in [2.75, 3.05) is 32.7 Å². The van der Waals surface area contributed by atoms with Gasteiger partial charge in [0.25, 0.3) is 0 Å². The summed E-state index contributed by atoms with van der Waals surface area (Å²) in [6.45, 7) is 5.68. The molecule has 14 heavy (non-hydrogen) atoms. The van der Waals surface area contributed by atoms with E-state index < -0.39 is 0 Å². The molecular formula is C10H17N3O. The third-order valence-corrected chi connectivity index (χ3v) is 2.21. The molecule has 0 spiro atoms. The monoisotopic (exact) mass is 195 g/mol. The second-order valence-electron chi connectivity index (χ2n) is 3.57. The lowest BCUT2D eigenvalue weighted by atomic mass is 10.2. The van der Waals surface area contributed by atoms with Gasteiger partial charge in [-0.1, -0.05) is 5.92 Å². The van der Waals surface area contributed by atoms with Crippen LogP contribution in [0.15, 0.2) is 0 Å².